The Morgan fingerprint density at radius 3 is 2.60 bits per heavy atom. The van der Waals surface area contributed by atoms with Gasteiger partial charge in [0.2, 0.25) is 15.9 Å². The molecular formula is C20H24N2O5S3. The van der Waals surface area contributed by atoms with Crippen molar-refractivity contribution in [3.8, 4) is 0 Å². The van der Waals surface area contributed by atoms with Crippen LogP contribution in [0.3, 0.4) is 0 Å². The van der Waals surface area contributed by atoms with E-state index in [9.17, 15) is 18.0 Å². The van der Waals surface area contributed by atoms with Gasteiger partial charge < -0.3 is 10.1 Å². The van der Waals surface area contributed by atoms with Gasteiger partial charge in [-0.05, 0) is 49.6 Å². The van der Waals surface area contributed by atoms with Crippen LogP contribution >= 0.6 is 23.1 Å². The zero-order valence-corrected chi connectivity index (χ0v) is 19.2. The maximum atomic E-state index is 13.0. The molecule has 1 aliphatic heterocycles. The average molecular weight is 469 g/mol. The van der Waals surface area contributed by atoms with E-state index in [1.165, 1.54) is 27.4 Å². The molecule has 2 heterocycles. The molecule has 0 saturated carbocycles. The van der Waals surface area contributed by atoms with E-state index in [2.05, 4.69) is 5.32 Å². The average Bonchev–Trinajstić information content (AvgIpc) is 3.22. The van der Waals surface area contributed by atoms with E-state index in [1.54, 1.807) is 36.6 Å². The summed E-state index contributed by atoms with van der Waals surface area (Å²) in [6.07, 6.45) is 2.69. The minimum atomic E-state index is -3.61. The van der Waals surface area contributed by atoms with Gasteiger partial charge in [0, 0.05) is 23.9 Å². The first-order valence-electron chi connectivity index (χ1n) is 9.57. The van der Waals surface area contributed by atoms with Crippen molar-refractivity contribution in [2.75, 3.05) is 31.3 Å². The monoisotopic (exact) mass is 468 g/mol. The van der Waals surface area contributed by atoms with E-state index in [4.69, 9.17) is 4.74 Å². The number of anilines is 1. The van der Waals surface area contributed by atoms with Crippen LogP contribution in [0.2, 0.25) is 0 Å². The highest BCUT2D eigenvalue weighted by Gasteiger charge is 2.33. The third-order valence-electron chi connectivity index (χ3n) is 4.91. The van der Waals surface area contributed by atoms with Gasteiger partial charge in [0.1, 0.15) is 5.00 Å². The number of nitrogens with one attached hydrogen (secondary N) is 1. The van der Waals surface area contributed by atoms with Gasteiger partial charge in [-0.3, -0.25) is 4.79 Å². The minimum absolute atomic E-state index is 0.204. The summed E-state index contributed by atoms with van der Waals surface area (Å²) in [6.45, 7) is 2.53. The molecule has 0 aliphatic carbocycles. The molecule has 0 radical (unpaired) electrons. The summed E-state index contributed by atoms with van der Waals surface area (Å²) in [5.41, 5.74) is 0.337. The second-order valence-electron chi connectivity index (χ2n) is 6.70. The van der Waals surface area contributed by atoms with Crippen molar-refractivity contribution in [1.29, 1.82) is 0 Å². The molecular weight excluding hydrogens is 444 g/mol. The molecule has 0 unspecified atom stereocenters. The standard InChI is InChI=1S/C20H24N2O5S3/c1-3-27-20(24)15-10-13-29-19(15)21-18(23)14-8-11-22(12-9-14)30(25,26)17-7-5-4-6-16(17)28-2/h4-7,10,13-14H,3,8-9,11-12H2,1-2H3,(H,21,23). The first-order chi connectivity index (χ1) is 14.4. The summed E-state index contributed by atoms with van der Waals surface area (Å²) in [5.74, 6) is -0.989. The van der Waals surface area contributed by atoms with Crippen LogP contribution in [-0.4, -0.2) is 50.6 Å². The lowest BCUT2D eigenvalue weighted by atomic mass is 9.97. The van der Waals surface area contributed by atoms with Gasteiger partial charge in [-0.15, -0.1) is 23.1 Å². The summed E-state index contributed by atoms with van der Waals surface area (Å²) in [5, 5.41) is 4.99. The van der Waals surface area contributed by atoms with Gasteiger partial charge in [-0.1, -0.05) is 12.1 Å². The lowest BCUT2D eigenvalue weighted by Gasteiger charge is -2.31. The Kier molecular flexibility index (Phi) is 7.56. The number of ether oxygens (including phenoxy) is 1. The number of amides is 1. The summed E-state index contributed by atoms with van der Waals surface area (Å²) < 4.78 is 32.5. The van der Waals surface area contributed by atoms with E-state index in [1.807, 2.05) is 12.3 Å². The van der Waals surface area contributed by atoms with Gasteiger partial charge in [0.05, 0.1) is 17.1 Å². The molecule has 7 nitrogen and oxygen atoms in total. The number of carbonyl (C=O) groups is 2. The third-order valence-corrected chi connectivity index (χ3v) is 8.62. The molecule has 30 heavy (non-hydrogen) atoms. The molecule has 1 N–H and O–H groups in total. The highest BCUT2D eigenvalue weighted by Crippen LogP contribution is 2.31. The predicted octanol–water partition coefficient (Wildman–Crippen LogP) is 3.69. The van der Waals surface area contributed by atoms with Crippen LogP contribution in [0.25, 0.3) is 0 Å². The second-order valence-corrected chi connectivity index (χ2v) is 10.4. The largest absolute Gasteiger partial charge is 0.462 e. The fourth-order valence-corrected chi connectivity index (χ4v) is 6.69. The van der Waals surface area contributed by atoms with Crippen LogP contribution in [0, 0.1) is 5.92 Å². The Hall–Kier alpha value is -1.88. The predicted molar refractivity (Wildman–Crippen MR) is 119 cm³/mol. The Balaban J connectivity index is 1.64. The summed E-state index contributed by atoms with van der Waals surface area (Å²) >= 11 is 2.66. The molecule has 1 aromatic heterocycles. The molecule has 1 aromatic carbocycles. The van der Waals surface area contributed by atoms with Crippen LogP contribution in [0.5, 0.6) is 0 Å². The van der Waals surface area contributed by atoms with Crippen molar-refractivity contribution >= 4 is 50.0 Å². The third kappa shape index (κ3) is 4.88. The lowest BCUT2D eigenvalue weighted by Crippen LogP contribution is -2.41. The van der Waals surface area contributed by atoms with Crippen LogP contribution < -0.4 is 5.32 Å². The van der Waals surface area contributed by atoms with Crippen molar-refractivity contribution in [1.82, 2.24) is 4.31 Å². The SMILES string of the molecule is CCOC(=O)c1ccsc1NC(=O)C1CCN(S(=O)(=O)c2ccccc2SC)CC1. The van der Waals surface area contributed by atoms with Crippen molar-refractivity contribution < 1.29 is 22.7 Å². The number of rotatable bonds is 7. The second kappa shape index (κ2) is 9.95. The molecule has 0 atom stereocenters. The molecule has 2 aromatic rings. The number of thioether (sulfide) groups is 1. The summed E-state index contributed by atoms with van der Waals surface area (Å²) in [6, 6.07) is 8.57. The minimum Gasteiger partial charge on any atom is -0.462 e. The van der Waals surface area contributed by atoms with Gasteiger partial charge in [-0.2, -0.15) is 4.31 Å². The van der Waals surface area contributed by atoms with E-state index in [0.717, 1.165) is 0 Å². The van der Waals surface area contributed by atoms with Gasteiger partial charge in [0.25, 0.3) is 0 Å². The lowest BCUT2D eigenvalue weighted by molar-refractivity contribution is -0.120. The Labute approximate surface area is 184 Å². The molecule has 0 bridgehead atoms. The number of benzene rings is 1. The molecule has 1 saturated heterocycles. The maximum absolute atomic E-state index is 13.0. The molecule has 0 spiro atoms. The van der Waals surface area contributed by atoms with Crippen molar-refractivity contribution in [2.24, 2.45) is 5.92 Å². The fourth-order valence-electron chi connectivity index (χ4n) is 3.32. The summed E-state index contributed by atoms with van der Waals surface area (Å²) in [7, 11) is -3.61. The summed E-state index contributed by atoms with van der Waals surface area (Å²) in [4.78, 5) is 25.7. The number of piperidine rings is 1. The first kappa shape index (κ1) is 22.8. The zero-order chi connectivity index (χ0) is 21.7. The van der Waals surface area contributed by atoms with Crippen molar-refractivity contribution in [2.45, 2.75) is 29.6 Å². The quantitative estimate of drug-likeness (QED) is 0.492. The van der Waals surface area contributed by atoms with Gasteiger partial charge in [-0.25, -0.2) is 13.2 Å². The van der Waals surface area contributed by atoms with E-state index in [0.29, 0.717) is 33.2 Å². The number of sulfonamides is 1. The highest BCUT2D eigenvalue weighted by molar-refractivity contribution is 7.99. The topological polar surface area (TPSA) is 92.8 Å². The van der Waals surface area contributed by atoms with Crippen molar-refractivity contribution in [3.63, 3.8) is 0 Å². The maximum Gasteiger partial charge on any atom is 0.341 e. The molecule has 1 fully saturated rings. The van der Waals surface area contributed by atoms with Gasteiger partial charge >= 0.3 is 5.97 Å². The van der Waals surface area contributed by atoms with Crippen LogP contribution in [0.15, 0.2) is 45.5 Å². The van der Waals surface area contributed by atoms with E-state index >= 15 is 0 Å². The van der Waals surface area contributed by atoms with Crippen LogP contribution in [0.4, 0.5) is 5.00 Å². The number of thiophene rings is 1. The van der Waals surface area contributed by atoms with E-state index in [-0.39, 0.29) is 31.5 Å². The Morgan fingerprint density at radius 2 is 1.93 bits per heavy atom. The molecule has 162 valence electrons. The molecule has 1 amide bonds. The number of hydrogen-bond donors (Lipinski definition) is 1. The van der Waals surface area contributed by atoms with Gasteiger partial charge in [0.15, 0.2) is 0 Å². The number of nitrogens with zero attached hydrogens (tertiary/aromatic N) is 1. The normalized spacial score (nSPS) is 15.7. The zero-order valence-electron chi connectivity index (χ0n) is 16.8. The molecule has 3 rings (SSSR count). The number of hydrogen-bond acceptors (Lipinski definition) is 7. The number of carbonyl (C=O) groups excluding carboxylic acids is 2. The van der Waals surface area contributed by atoms with Crippen LogP contribution in [-0.2, 0) is 19.6 Å². The fraction of sp³-hybridized carbons (Fsp3) is 0.400. The molecule has 10 heteroatoms. The van der Waals surface area contributed by atoms with E-state index < -0.39 is 16.0 Å². The Morgan fingerprint density at radius 1 is 1.23 bits per heavy atom. The highest BCUT2D eigenvalue weighted by atomic mass is 32.2. The first-order valence-corrected chi connectivity index (χ1v) is 13.1. The van der Waals surface area contributed by atoms with Crippen molar-refractivity contribution in [3.05, 3.63) is 41.3 Å². The molecule has 1 aliphatic rings. The van der Waals surface area contributed by atoms with Crippen LogP contribution in [0.1, 0.15) is 30.1 Å². The smallest absolute Gasteiger partial charge is 0.341 e. The Bertz CT molecular complexity index is 1010. The number of esters is 1.